The summed E-state index contributed by atoms with van der Waals surface area (Å²) in [5.74, 6) is 0.296. The Morgan fingerprint density at radius 1 is 1.62 bits per heavy atom. The summed E-state index contributed by atoms with van der Waals surface area (Å²) >= 11 is 4.68. The minimum atomic E-state index is -0.470. The normalized spacial score (nSPS) is 12.8. The number of amides is 1. The summed E-state index contributed by atoms with van der Waals surface area (Å²) in [6, 6.07) is 1.84. The molecule has 1 aromatic heterocycles. The lowest BCUT2D eigenvalue weighted by Gasteiger charge is -2.13. The highest BCUT2D eigenvalue weighted by Crippen LogP contribution is 2.22. The van der Waals surface area contributed by atoms with Gasteiger partial charge in [-0.2, -0.15) is 0 Å². The SMILES string of the molecule is CC(C)CC(O)CNC(=O)c1sccc1Br. The van der Waals surface area contributed by atoms with Gasteiger partial charge in [-0.25, -0.2) is 0 Å². The molecule has 0 aliphatic heterocycles. The molecule has 0 radical (unpaired) electrons. The van der Waals surface area contributed by atoms with Crippen molar-refractivity contribution in [1.29, 1.82) is 0 Å². The van der Waals surface area contributed by atoms with Gasteiger partial charge in [0.05, 0.1) is 6.10 Å². The van der Waals surface area contributed by atoms with Gasteiger partial charge in [-0.3, -0.25) is 4.79 Å². The Hall–Kier alpha value is -0.390. The Bertz CT molecular complexity index is 352. The van der Waals surface area contributed by atoms with Crippen LogP contribution in [-0.2, 0) is 0 Å². The summed E-state index contributed by atoms with van der Waals surface area (Å²) in [4.78, 5) is 12.3. The van der Waals surface area contributed by atoms with Crippen LogP contribution in [-0.4, -0.2) is 23.7 Å². The average molecular weight is 306 g/mol. The third-order valence-electron chi connectivity index (χ3n) is 2.07. The number of carbonyl (C=O) groups is 1. The summed E-state index contributed by atoms with van der Waals surface area (Å²) in [6.07, 6.45) is 0.231. The first kappa shape index (κ1) is 13.7. The summed E-state index contributed by atoms with van der Waals surface area (Å²) in [5, 5.41) is 14.2. The molecule has 0 saturated heterocycles. The molecule has 90 valence electrons. The van der Waals surface area contributed by atoms with Crippen LogP contribution in [0.1, 0.15) is 29.9 Å². The summed E-state index contributed by atoms with van der Waals surface area (Å²) < 4.78 is 0.799. The first-order chi connectivity index (χ1) is 7.50. The molecule has 0 aliphatic rings. The van der Waals surface area contributed by atoms with Gasteiger partial charge in [-0.15, -0.1) is 11.3 Å². The predicted molar refractivity (Wildman–Crippen MR) is 69.8 cm³/mol. The number of hydrogen-bond donors (Lipinski definition) is 2. The molecule has 0 fully saturated rings. The van der Waals surface area contributed by atoms with E-state index in [9.17, 15) is 9.90 Å². The number of hydrogen-bond acceptors (Lipinski definition) is 3. The second-order valence-electron chi connectivity index (χ2n) is 4.09. The quantitative estimate of drug-likeness (QED) is 0.878. The third-order valence-corrected chi connectivity index (χ3v) is 3.90. The van der Waals surface area contributed by atoms with Crippen molar-refractivity contribution < 1.29 is 9.90 Å². The van der Waals surface area contributed by atoms with Crippen molar-refractivity contribution in [3.05, 3.63) is 20.8 Å². The summed E-state index contributed by atoms with van der Waals surface area (Å²) in [7, 11) is 0. The Morgan fingerprint density at radius 3 is 2.81 bits per heavy atom. The highest BCUT2D eigenvalue weighted by molar-refractivity contribution is 9.10. The van der Waals surface area contributed by atoms with Gasteiger partial charge in [0.2, 0.25) is 0 Å². The molecule has 1 aromatic rings. The van der Waals surface area contributed by atoms with Crippen molar-refractivity contribution in [3.63, 3.8) is 0 Å². The molecule has 1 unspecified atom stereocenters. The van der Waals surface area contributed by atoms with E-state index in [1.54, 1.807) is 0 Å². The standard InChI is InChI=1S/C11H16BrNO2S/c1-7(2)5-8(14)6-13-11(15)10-9(12)3-4-16-10/h3-4,7-8,14H,5-6H2,1-2H3,(H,13,15). The lowest BCUT2D eigenvalue weighted by atomic mass is 10.1. The second-order valence-corrected chi connectivity index (χ2v) is 5.86. The van der Waals surface area contributed by atoms with Gasteiger partial charge in [-0.05, 0) is 39.7 Å². The molecule has 1 atom stereocenters. The maximum atomic E-state index is 11.7. The van der Waals surface area contributed by atoms with Gasteiger partial charge >= 0.3 is 0 Å². The lowest BCUT2D eigenvalue weighted by molar-refractivity contribution is 0.0903. The van der Waals surface area contributed by atoms with Gasteiger partial charge in [0.25, 0.3) is 5.91 Å². The van der Waals surface area contributed by atoms with E-state index in [2.05, 4.69) is 21.2 Å². The van der Waals surface area contributed by atoms with Crippen LogP contribution in [0.4, 0.5) is 0 Å². The van der Waals surface area contributed by atoms with Crippen molar-refractivity contribution in [2.24, 2.45) is 5.92 Å². The number of halogens is 1. The van der Waals surface area contributed by atoms with Crippen LogP contribution in [0.15, 0.2) is 15.9 Å². The molecule has 1 heterocycles. The van der Waals surface area contributed by atoms with Crippen molar-refractivity contribution in [3.8, 4) is 0 Å². The van der Waals surface area contributed by atoms with E-state index in [1.807, 2.05) is 25.3 Å². The van der Waals surface area contributed by atoms with Crippen molar-refractivity contribution in [1.82, 2.24) is 5.32 Å². The van der Waals surface area contributed by atoms with E-state index < -0.39 is 6.10 Å². The Morgan fingerprint density at radius 2 is 2.31 bits per heavy atom. The molecule has 1 rings (SSSR count). The molecule has 5 heteroatoms. The van der Waals surface area contributed by atoms with E-state index >= 15 is 0 Å². The highest BCUT2D eigenvalue weighted by atomic mass is 79.9. The maximum absolute atomic E-state index is 11.7. The van der Waals surface area contributed by atoms with E-state index in [0.717, 1.165) is 4.47 Å². The van der Waals surface area contributed by atoms with E-state index in [0.29, 0.717) is 23.8 Å². The first-order valence-corrected chi connectivity index (χ1v) is 6.87. The molecule has 3 nitrogen and oxygen atoms in total. The number of rotatable bonds is 5. The smallest absolute Gasteiger partial charge is 0.262 e. The maximum Gasteiger partial charge on any atom is 0.262 e. The van der Waals surface area contributed by atoms with Crippen LogP contribution in [0.3, 0.4) is 0 Å². The number of aliphatic hydroxyl groups excluding tert-OH is 1. The highest BCUT2D eigenvalue weighted by Gasteiger charge is 2.13. The molecule has 0 spiro atoms. The minimum absolute atomic E-state index is 0.135. The van der Waals surface area contributed by atoms with Gasteiger partial charge in [0, 0.05) is 11.0 Å². The van der Waals surface area contributed by atoms with Crippen LogP contribution in [0.5, 0.6) is 0 Å². The zero-order chi connectivity index (χ0) is 12.1. The fourth-order valence-corrected chi connectivity index (χ4v) is 2.84. The Labute approximate surface area is 108 Å². The number of thiophene rings is 1. The van der Waals surface area contributed by atoms with Crippen LogP contribution < -0.4 is 5.32 Å². The van der Waals surface area contributed by atoms with E-state index in [1.165, 1.54) is 11.3 Å². The predicted octanol–water partition coefficient (Wildman–Crippen LogP) is 2.65. The fourth-order valence-electron chi connectivity index (χ4n) is 1.37. The second kappa shape index (κ2) is 6.37. The minimum Gasteiger partial charge on any atom is -0.391 e. The van der Waals surface area contributed by atoms with Gasteiger partial charge in [-0.1, -0.05) is 13.8 Å². The molecule has 0 aliphatic carbocycles. The molecule has 0 bridgehead atoms. The van der Waals surface area contributed by atoms with Crippen molar-refractivity contribution >= 4 is 33.2 Å². The Balaban J connectivity index is 2.39. The number of nitrogens with one attached hydrogen (secondary N) is 1. The molecule has 1 amide bonds. The van der Waals surface area contributed by atoms with Crippen molar-refractivity contribution in [2.45, 2.75) is 26.4 Å². The molecule has 0 saturated carbocycles. The van der Waals surface area contributed by atoms with E-state index in [4.69, 9.17) is 0 Å². The van der Waals surface area contributed by atoms with Crippen LogP contribution >= 0.6 is 27.3 Å². The third kappa shape index (κ3) is 4.23. The number of aliphatic hydroxyl groups is 1. The van der Waals surface area contributed by atoms with Crippen LogP contribution in [0.25, 0.3) is 0 Å². The summed E-state index contributed by atoms with van der Waals surface area (Å²) in [6.45, 7) is 4.39. The largest absolute Gasteiger partial charge is 0.391 e. The lowest BCUT2D eigenvalue weighted by Crippen LogP contribution is -2.32. The Kier molecular flexibility index (Phi) is 5.44. The molecule has 16 heavy (non-hydrogen) atoms. The molecule has 0 aromatic carbocycles. The van der Waals surface area contributed by atoms with E-state index in [-0.39, 0.29) is 5.91 Å². The molecule has 2 N–H and O–H groups in total. The first-order valence-electron chi connectivity index (χ1n) is 5.20. The van der Waals surface area contributed by atoms with Crippen LogP contribution in [0.2, 0.25) is 0 Å². The number of carbonyl (C=O) groups excluding carboxylic acids is 1. The molecular weight excluding hydrogens is 290 g/mol. The fraction of sp³-hybridized carbons (Fsp3) is 0.545. The zero-order valence-corrected chi connectivity index (χ0v) is 11.8. The topological polar surface area (TPSA) is 49.3 Å². The monoisotopic (exact) mass is 305 g/mol. The van der Waals surface area contributed by atoms with Gasteiger partial charge in [0.15, 0.2) is 0 Å². The molecular formula is C11H16BrNO2S. The van der Waals surface area contributed by atoms with Crippen molar-refractivity contribution in [2.75, 3.05) is 6.54 Å². The average Bonchev–Trinajstić information content (AvgIpc) is 2.60. The van der Waals surface area contributed by atoms with Gasteiger partial charge < -0.3 is 10.4 Å². The van der Waals surface area contributed by atoms with Gasteiger partial charge in [0.1, 0.15) is 4.88 Å². The zero-order valence-electron chi connectivity index (χ0n) is 9.37. The summed E-state index contributed by atoms with van der Waals surface area (Å²) in [5.41, 5.74) is 0. The van der Waals surface area contributed by atoms with Crippen LogP contribution in [0, 0.1) is 5.92 Å².